The maximum absolute atomic E-state index is 14.1. The standard InChI is InChI=1S/C35H50F2N6O7.CH4/c1-7-10-26(39-35(49)31(21(6)8-2)42-32(46)23-11-13-43(50)14-12-23)33(47)40-27(17-22-15-24(36)18-25(37)16-22)28(44)19-29(45)41-30(20(4)5)34(48)38-9-3;/h11-16,18,20-21,26-28,30-31,44H,7-10,17,19H2,1-6H3,(H,38,48)(H,39,49)(H,40,47)(H,41,45)(H,42,46);1H4/t21-,26-,27-,28+,30-,31-;/m0./s1. The molecule has 1 heterocycles. The third kappa shape index (κ3) is 14.2. The van der Waals surface area contributed by atoms with Crippen molar-refractivity contribution in [1.29, 1.82) is 0 Å². The van der Waals surface area contributed by atoms with Crippen molar-refractivity contribution in [2.24, 2.45) is 11.8 Å². The van der Waals surface area contributed by atoms with Gasteiger partial charge in [-0.3, -0.25) is 24.0 Å². The first-order valence-electron chi connectivity index (χ1n) is 16.9. The maximum atomic E-state index is 14.1. The molecule has 0 aliphatic rings. The fourth-order valence-corrected chi connectivity index (χ4v) is 5.24. The number of nitrogens with zero attached hydrogens (tertiary/aromatic N) is 1. The van der Waals surface area contributed by atoms with Crippen LogP contribution in [-0.2, 0) is 25.6 Å². The number of amides is 5. The first-order chi connectivity index (χ1) is 23.6. The zero-order valence-electron chi connectivity index (χ0n) is 29.4. The van der Waals surface area contributed by atoms with Gasteiger partial charge in [0, 0.05) is 24.7 Å². The summed E-state index contributed by atoms with van der Waals surface area (Å²) in [7, 11) is 0. The number of carbonyl (C=O) groups excluding carboxylic acids is 5. The highest BCUT2D eigenvalue weighted by atomic mass is 19.1. The van der Waals surface area contributed by atoms with Crippen molar-refractivity contribution in [2.75, 3.05) is 6.54 Å². The zero-order valence-corrected chi connectivity index (χ0v) is 29.4. The van der Waals surface area contributed by atoms with Crippen LogP contribution in [0.15, 0.2) is 42.7 Å². The fraction of sp³-hybridized carbons (Fsp3) is 0.556. The molecule has 0 unspecified atom stereocenters. The number of nitrogens with one attached hydrogen (secondary N) is 5. The fourth-order valence-electron chi connectivity index (χ4n) is 5.24. The number of rotatable bonds is 19. The van der Waals surface area contributed by atoms with E-state index in [1.54, 1.807) is 34.6 Å². The molecule has 51 heavy (non-hydrogen) atoms. The molecule has 6 atom stereocenters. The number of hydrogen-bond acceptors (Lipinski definition) is 7. The van der Waals surface area contributed by atoms with Gasteiger partial charge in [-0.25, -0.2) is 8.78 Å². The van der Waals surface area contributed by atoms with Crippen LogP contribution in [0, 0.1) is 28.7 Å². The molecule has 0 saturated carbocycles. The van der Waals surface area contributed by atoms with Crippen molar-refractivity contribution in [1.82, 2.24) is 26.6 Å². The summed E-state index contributed by atoms with van der Waals surface area (Å²) < 4.78 is 28.7. The third-order valence-electron chi connectivity index (χ3n) is 8.24. The van der Waals surface area contributed by atoms with Gasteiger partial charge in [-0.1, -0.05) is 54.9 Å². The molecule has 0 bridgehead atoms. The minimum atomic E-state index is -1.57. The van der Waals surface area contributed by atoms with E-state index in [1.165, 1.54) is 12.1 Å². The van der Waals surface area contributed by atoms with Crippen molar-refractivity contribution in [3.05, 3.63) is 70.7 Å². The van der Waals surface area contributed by atoms with E-state index in [2.05, 4.69) is 26.6 Å². The molecule has 2 aromatic rings. The van der Waals surface area contributed by atoms with Crippen LogP contribution in [-0.4, -0.2) is 71.5 Å². The molecule has 0 aliphatic carbocycles. The number of halogens is 2. The Morgan fingerprint density at radius 1 is 0.843 bits per heavy atom. The molecule has 0 aliphatic heterocycles. The van der Waals surface area contributed by atoms with Crippen molar-refractivity contribution in [3.8, 4) is 0 Å². The van der Waals surface area contributed by atoms with E-state index >= 15 is 0 Å². The van der Waals surface area contributed by atoms with Gasteiger partial charge < -0.3 is 36.9 Å². The number of aromatic nitrogens is 1. The molecule has 1 aromatic heterocycles. The van der Waals surface area contributed by atoms with Gasteiger partial charge in [-0.05, 0) is 49.3 Å². The third-order valence-corrected chi connectivity index (χ3v) is 8.24. The minimum absolute atomic E-state index is 0. The second kappa shape index (κ2) is 21.5. The number of hydrogen-bond donors (Lipinski definition) is 6. The monoisotopic (exact) mass is 720 g/mol. The van der Waals surface area contributed by atoms with E-state index in [4.69, 9.17) is 0 Å². The van der Waals surface area contributed by atoms with Crippen LogP contribution >= 0.6 is 0 Å². The van der Waals surface area contributed by atoms with Crippen molar-refractivity contribution >= 4 is 29.5 Å². The first-order valence-corrected chi connectivity index (χ1v) is 16.9. The Hall–Kier alpha value is -4.66. The van der Waals surface area contributed by atoms with Gasteiger partial charge >= 0.3 is 0 Å². The smallest absolute Gasteiger partial charge is 0.252 e. The van der Waals surface area contributed by atoms with Gasteiger partial charge in [-0.15, -0.1) is 0 Å². The maximum Gasteiger partial charge on any atom is 0.252 e. The molecule has 284 valence electrons. The highest BCUT2D eigenvalue weighted by Crippen LogP contribution is 2.15. The largest absolute Gasteiger partial charge is 0.619 e. The van der Waals surface area contributed by atoms with Gasteiger partial charge in [-0.2, -0.15) is 4.73 Å². The number of benzene rings is 1. The van der Waals surface area contributed by atoms with E-state index in [0.717, 1.165) is 24.5 Å². The molecular weight excluding hydrogens is 666 g/mol. The number of pyridine rings is 1. The lowest BCUT2D eigenvalue weighted by Gasteiger charge is -2.29. The van der Waals surface area contributed by atoms with Gasteiger partial charge in [0.15, 0.2) is 12.4 Å². The second-order valence-electron chi connectivity index (χ2n) is 12.7. The van der Waals surface area contributed by atoms with Crippen LogP contribution in [0.2, 0.25) is 0 Å². The summed E-state index contributed by atoms with van der Waals surface area (Å²) in [5, 5.41) is 35.9. The Bertz CT molecular complexity index is 1440. The summed E-state index contributed by atoms with van der Waals surface area (Å²) in [5.74, 6) is -5.48. The van der Waals surface area contributed by atoms with Crippen LogP contribution < -0.4 is 31.3 Å². The van der Waals surface area contributed by atoms with Gasteiger partial charge in [0.05, 0.1) is 24.1 Å². The molecule has 0 radical (unpaired) electrons. The Morgan fingerprint density at radius 3 is 1.98 bits per heavy atom. The summed E-state index contributed by atoms with van der Waals surface area (Å²) in [6, 6.07) is 1.00. The van der Waals surface area contributed by atoms with Crippen LogP contribution in [0.3, 0.4) is 0 Å². The predicted octanol–water partition coefficient (Wildman–Crippen LogP) is 2.42. The van der Waals surface area contributed by atoms with Crippen molar-refractivity contribution < 1.29 is 42.6 Å². The normalized spacial score (nSPS) is 14.5. The SMILES string of the molecule is C.CCC[C@H](NC(=O)[C@@H](NC(=O)c1cc[n+]([O-])cc1)[C@@H](C)CC)C(=O)N[C@@H](Cc1cc(F)cc(F)c1)[C@H](O)CC(=O)N[C@H](C(=O)NCC)C(C)C. The Morgan fingerprint density at radius 2 is 1.45 bits per heavy atom. The lowest BCUT2D eigenvalue weighted by molar-refractivity contribution is -0.605. The van der Waals surface area contributed by atoms with Crippen LogP contribution in [0.5, 0.6) is 0 Å². The molecule has 0 spiro atoms. The molecule has 5 amide bonds. The van der Waals surface area contributed by atoms with Gasteiger partial charge in [0.25, 0.3) is 5.91 Å². The molecule has 13 nitrogen and oxygen atoms in total. The lowest BCUT2D eigenvalue weighted by Crippen LogP contribution is -2.58. The molecule has 2 rings (SSSR count). The quantitative estimate of drug-likeness (QED) is 0.0948. The van der Waals surface area contributed by atoms with Crippen LogP contribution in [0.1, 0.15) is 90.6 Å². The molecular formula is C36H54F2N6O7. The van der Waals surface area contributed by atoms with Gasteiger partial charge in [0.2, 0.25) is 23.6 Å². The summed E-state index contributed by atoms with van der Waals surface area (Å²) in [6.07, 6.45) is 0.968. The van der Waals surface area contributed by atoms with Crippen LogP contribution in [0.25, 0.3) is 0 Å². The van der Waals surface area contributed by atoms with Crippen molar-refractivity contribution in [3.63, 3.8) is 0 Å². The predicted molar refractivity (Wildman–Crippen MR) is 188 cm³/mol. The van der Waals surface area contributed by atoms with Gasteiger partial charge in [0.1, 0.15) is 29.8 Å². The number of likely N-dealkylation sites (N-methyl/N-ethyl adjacent to an activating group) is 1. The highest BCUT2D eigenvalue weighted by molar-refractivity contribution is 5.98. The Kier molecular flexibility index (Phi) is 18.7. The topological polar surface area (TPSA) is 193 Å². The summed E-state index contributed by atoms with van der Waals surface area (Å²) in [5.41, 5.74) is 0.245. The van der Waals surface area contributed by atoms with E-state index in [1.807, 2.05) is 6.92 Å². The van der Waals surface area contributed by atoms with E-state index in [9.17, 15) is 43.1 Å². The second-order valence-corrected chi connectivity index (χ2v) is 12.7. The average Bonchev–Trinajstić information content (AvgIpc) is 3.04. The lowest BCUT2D eigenvalue weighted by atomic mass is 9.96. The summed E-state index contributed by atoms with van der Waals surface area (Å²) in [4.78, 5) is 65.7. The molecule has 15 heteroatoms. The minimum Gasteiger partial charge on any atom is -0.619 e. The summed E-state index contributed by atoms with van der Waals surface area (Å²) in [6.45, 7) is 10.9. The number of aliphatic hydroxyl groups excluding tert-OH is 1. The molecule has 0 saturated heterocycles. The highest BCUT2D eigenvalue weighted by Gasteiger charge is 2.33. The van der Waals surface area contributed by atoms with E-state index < -0.39 is 77.9 Å². The Labute approximate surface area is 298 Å². The first kappa shape index (κ1) is 44.4. The molecule has 0 fully saturated rings. The van der Waals surface area contributed by atoms with E-state index in [0.29, 0.717) is 30.2 Å². The van der Waals surface area contributed by atoms with Crippen LogP contribution in [0.4, 0.5) is 8.78 Å². The number of aliphatic hydroxyl groups is 1. The molecule has 6 N–H and O–H groups in total. The average molecular weight is 721 g/mol. The van der Waals surface area contributed by atoms with E-state index in [-0.39, 0.29) is 43.2 Å². The van der Waals surface area contributed by atoms with Crippen molar-refractivity contribution in [2.45, 2.75) is 111 Å². The zero-order chi connectivity index (χ0) is 37.5. The number of carbonyl (C=O) groups is 5. The molecule has 1 aromatic carbocycles. The Balaban J connectivity index is 0.0000130. The summed E-state index contributed by atoms with van der Waals surface area (Å²) >= 11 is 0.